The van der Waals surface area contributed by atoms with Crippen LogP contribution in [0.25, 0.3) is 10.8 Å². The number of benzene rings is 3. The molecule has 0 saturated carbocycles. The van der Waals surface area contributed by atoms with Crippen molar-refractivity contribution in [3.05, 3.63) is 89.2 Å². The van der Waals surface area contributed by atoms with Crippen LogP contribution in [0.3, 0.4) is 0 Å². The van der Waals surface area contributed by atoms with Crippen LogP contribution in [0.5, 0.6) is 5.75 Å². The lowest BCUT2D eigenvalue weighted by molar-refractivity contribution is -0.136. The number of carbonyl (C=O) groups excluding carboxylic acids is 1. The van der Waals surface area contributed by atoms with Crippen LogP contribution < -0.4 is 4.74 Å². The molecule has 28 heavy (non-hydrogen) atoms. The van der Waals surface area contributed by atoms with Crippen LogP contribution in [0.1, 0.15) is 29.4 Å². The number of ether oxygens (including phenoxy) is 2. The van der Waals surface area contributed by atoms with Crippen LogP contribution in [0, 0.1) is 0 Å². The van der Waals surface area contributed by atoms with Crippen LogP contribution in [0.2, 0.25) is 0 Å². The van der Waals surface area contributed by atoms with Crippen LogP contribution in [0.4, 0.5) is 0 Å². The number of hydrogen-bond acceptors (Lipinski definition) is 4. The normalized spacial score (nSPS) is 23.1. The Morgan fingerprint density at radius 1 is 1.04 bits per heavy atom. The Morgan fingerprint density at radius 3 is 2.57 bits per heavy atom. The topological polar surface area (TPSA) is 55.8 Å². The lowest BCUT2D eigenvalue weighted by atomic mass is 9.70. The van der Waals surface area contributed by atoms with Crippen molar-refractivity contribution in [2.75, 3.05) is 7.11 Å². The Balaban J connectivity index is 1.74. The second-order valence-corrected chi connectivity index (χ2v) is 7.34. The van der Waals surface area contributed by atoms with E-state index in [1.165, 1.54) is 7.11 Å². The molecule has 3 aromatic rings. The van der Waals surface area contributed by atoms with E-state index in [4.69, 9.17) is 9.47 Å². The molecule has 1 aliphatic heterocycles. The third-order valence-electron chi connectivity index (χ3n) is 5.94. The quantitative estimate of drug-likeness (QED) is 0.653. The fraction of sp³-hybridized carbons (Fsp3) is 0.208. The molecule has 4 nitrogen and oxygen atoms in total. The second-order valence-electron chi connectivity index (χ2n) is 7.34. The summed E-state index contributed by atoms with van der Waals surface area (Å²) in [5.41, 5.74) is 2.53. The Labute approximate surface area is 163 Å². The number of methoxy groups -OCH3 is 1. The first-order valence-electron chi connectivity index (χ1n) is 9.42. The highest BCUT2D eigenvalue weighted by Crippen LogP contribution is 2.55. The Morgan fingerprint density at radius 2 is 1.79 bits per heavy atom. The van der Waals surface area contributed by atoms with Crippen molar-refractivity contribution in [1.29, 1.82) is 0 Å². The zero-order valence-electron chi connectivity index (χ0n) is 15.5. The summed E-state index contributed by atoms with van der Waals surface area (Å²) in [7, 11) is 1.34. The lowest BCUT2D eigenvalue weighted by Gasteiger charge is -2.34. The summed E-state index contributed by atoms with van der Waals surface area (Å²) < 4.78 is 11.1. The zero-order chi connectivity index (χ0) is 19.3. The number of esters is 1. The van der Waals surface area contributed by atoms with Crippen molar-refractivity contribution in [2.24, 2.45) is 0 Å². The third kappa shape index (κ3) is 2.41. The highest BCUT2D eigenvalue weighted by atomic mass is 16.5. The number of fused-ring (bicyclic) bond motifs is 5. The largest absolute Gasteiger partial charge is 0.508 e. The summed E-state index contributed by atoms with van der Waals surface area (Å²) in [4.78, 5) is 12.3. The highest BCUT2D eigenvalue weighted by Gasteiger charge is 2.49. The van der Waals surface area contributed by atoms with Crippen LogP contribution in [-0.4, -0.2) is 24.3 Å². The molecule has 0 aromatic heterocycles. The van der Waals surface area contributed by atoms with Gasteiger partial charge in [0.2, 0.25) is 0 Å². The van der Waals surface area contributed by atoms with Crippen molar-refractivity contribution >= 4 is 16.7 Å². The van der Waals surface area contributed by atoms with Gasteiger partial charge in [-0.3, -0.25) is 0 Å². The van der Waals surface area contributed by atoms with Crippen LogP contribution in [-0.2, 0) is 9.53 Å². The van der Waals surface area contributed by atoms with Gasteiger partial charge in [0, 0.05) is 11.5 Å². The molecule has 3 aromatic carbocycles. The Kier molecular flexibility index (Phi) is 3.86. The molecular weight excluding hydrogens is 352 g/mol. The molecule has 0 saturated heterocycles. The standard InChI is InChI=1S/C24H20O4/c1-27-24(26)18-13-17(14-7-3-2-4-8-14)21-20-16-10-6-5-9-15(16)11-12-19(20)28-23(21)22(18)25/h2-12,17,21,23,25H,13H2,1H3/t17-,21+,23-/m0/s1. The number of carbonyl (C=O) groups is 1. The van der Waals surface area contributed by atoms with Crippen LogP contribution >= 0.6 is 0 Å². The molecule has 0 bridgehead atoms. The first kappa shape index (κ1) is 16.9. The molecule has 1 heterocycles. The van der Waals surface area contributed by atoms with Crippen molar-refractivity contribution in [3.63, 3.8) is 0 Å². The summed E-state index contributed by atoms with van der Waals surface area (Å²) in [6.07, 6.45) is -0.177. The summed E-state index contributed by atoms with van der Waals surface area (Å²) in [6, 6.07) is 22.3. The maximum Gasteiger partial charge on any atom is 0.337 e. The van der Waals surface area contributed by atoms with Gasteiger partial charge in [0.25, 0.3) is 0 Å². The molecule has 0 radical (unpaired) electrons. The average molecular weight is 372 g/mol. The highest BCUT2D eigenvalue weighted by molar-refractivity contribution is 5.92. The van der Waals surface area contributed by atoms with Crippen molar-refractivity contribution < 1.29 is 19.4 Å². The molecule has 1 N–H and O–H groups in total. The van der Waals surface area contributed by atoms with E-state index in [0.717, 1.165) is 27.6 Å². The van der Waals surface area contributed by atoms with Crippen LogP contribution in [0.15, 0.2) is 78.1 Å². The fourth-order valence-corrected chi connectivity index (χ4v) is 4.68. The number of aliphatic hydroxyl groups excluding tert-OH is 1. The van der Waals surface area contributed by atoms with Gasteiger partial charge in [0.15, 0.2) is 6.10 Å². The van der Waals surface area contributed by atoms with Crippen molar-refractivity contribution in [2.45, 2.75) is 24.4 Å². The summed E-state index contributed by atoms with van der Waals surface area (Å²) >= 11 is 0. The molecule has 0 spiro atoms. The summed E-state index contributed by atoms with van der Waals surface area (Å²) in [5, 5.41) is 13.2. The van der Waals surface area contributed by atoms with Gasteiger partial charge in [0.1, 0.15) is 11.5 Å². The van der Waals surface area contributed by atoms with E-state index >= 15 is 0 Å². The maximum absolute atomic E-state index is 12.3. The molecule has 3 atom stereocenters. The molecular formula is C24H20O4. The minimum atomic E-state index is -0.589. The predicted octanol–water partition coefficient (Wildman–Crippen LogP) is 4.86. The van der Waals surface area contributed by atoms with Gasteiger partial charge in [-0.15, -0.1) is 0 Å². The van der Waals surface area contributed by atoms with Gasteiger partial charge in [-0.05, 0) is 34.7 Å². The monoisotopic (exact) mass is 372 g/mol. The molecule has 0 unspecified atom stereocenters. The van der Waals surface area contributed by atoms with Gasteiger partial charge in [-0.1, -0.05) is 60.7 Å². The first-order chi connectivity index (χ1) is 13.7. The van der Waals surface area contributed by atoms with E-state index in [2.05, 4.69) is 24.3 Å². The first-order valence-corrected chi connectivity index (χ1v) is 9.42. The van der Waals surface area contributed by atoms with Gasteiger partial charge in [-0.2, -0.15) is 0 Å². The SMILES string of the molecule is COC(=O)C1=C(O)[C@H]2Oc3ccc4ccccc4c3[C@H]2[C@H](c2ccccc2)C1. The van der Waals surface area contributed by atoms with Crippen molar-refractivity contribution in [1.82, 2.24) is 0 Å². The molecule has 4 heteroatoms. The van der Waals surface area contributed by atoms with E-state index in [0.29, 0.717) is 12.0 Å². The number of hydrogen-bond donors (Lipinski definition) is 1. The minimum absolute atomic E-state index is 0.00301. The van der Waals surface area contributed by atoms with Gasteiger partial charge < -0.3 is 14.6 Å². The maximum atomic E-state index is 12.3. The van der Waals surface area contributed by atoms with E-state index < -0.39 is 12.1 Å². The second kappa shape index (κ2) is 6.41. The van der Waals surface area contributed by atoms with Gasteiger partial charge in [0.05, 0.1) is 12.7 Å². The molecule has 0 amide bonds. The third-order valence-corrected chi connectivity index (χ3v) is 5.94. The predicted molar refractivity (Wildman–Crippen MR) is 107 cm³/mol. The fourth-order valence-electron chi connectivity index (χ4n) is 4.68. The smallest absolute Gasteiger partial charge is 0.337 e. The van der Waals surface area contributed by atoms with Gasteiger partial charge >= 0.3 is 5.97 Å². The van der Waals surface area contributed by atoms with E-state index in [1.807, 2.05) is 42.5 Å². The average Bonchev–Trinajstić information content (AvgIpc) is 3.15. The van der Waals surface area contributed by atoms with E-state index in [9.17, 15) is 9.90 Å². The molecule has 2 aliphatic rings. The molecule has 140 valence electrons. The summed E-state index contributed by atoms with van der Waals surface area (Å²) in [5.74, 6) is 0.193. The lowest BCUT2D eigenvalue weighted by Crippen LogP contribution is -2.34. The molecule has 1 aliphatic carbocycles. The molecule has 5 rings (SSSR count). The molecule has 0 fully saturated rings. The summed E-state index contributed by atoms with van der Waals surface area (Å²) in [6.45, 7) is 0. The van der Waals surface area contributed by atoms with E-state index in [-0.39, 0.29) is 17.6 Å². The van der Waals surface area contributed by atoms with E-state index in [1.54, 1.807) is 0 Å². The van der Waals surface area contributed by atoms with Gasteiger partial charge in [-0.25, -0.2) is 4.79 Å². The minimum Gasteiger partial charge on any atom is -0.508 e. The Hall–Kier alpha value is -3.27. The van der Waals surface area contributed by atoms with Crippen molar-refractivity contribution in [3.8, 4) is 5.75 Å². The zero-order valence-corrected chi connectivity index (χ0v) is 15.5. The Bertz CT molecular complexity index is 1100. The number of aliphatic hydroxyl groups is 1. The number of rotatable bonds is 2.